The molecule has 2 aromatic heterocycles. The zero-order valence-electron chi connectivity index (χ0n) is 15.5. The number of aliphatic carboxylic acids is 1. The molecular weight excluding hydrogens is 372 g/mol. The number of nitrogens with one attached hydrogen (secondary N) is 2. The summed E-state index contributed by atoms with van der Waals surface area (Å²) in [5, 5.41) is 19.8. The summed E-state index contributed by atoms with van der Waals surface area (Å²) in [4.78, 5) is 39.9. The van der Waals surface area contributed by atoms with E-state index >= 15 is 0 Å². The molecule has 0 fully saturated rings. The minimum atomic E-state index is -1.40. The maximum Gasteiger partial charge on any atom is 0.274 e. The summed E-state index contributed by atoms with van der Waals surface area (Å²) in [6.45, 7) is 0. The van der Waals surface area contributed by atoms with E-state index in [9.17, 15) is 19.5 Å². The molecule has 29 heavy (non-hydrogen) atoms. The number of fused-ring (bicyclic) bond motifs is 2. The van der Waals surface area contributed by atoms with Crippen LogP contribution in [-0.2, 0) is 18.3 Å². The van der Waals surface area contributed by atoms with E-state index in [1.54, 1.807) is 30.5 Å². The SMILES string of the molecule is Cn1nc(C(=O)N[C@@H](Cc2c[nH]c3ccccc23)C(=O)[O-])c2ccccc2c1=O. The molecule has 1 atom stereocenters. The number of rotatable bonds is 5. The van der Waals surface area contributed by atoms with Gasteiger partial charge in [-0.1, -0.05) is 36.4 Å². The van der Waals surface area contributed by atoms with Crippen molar-refractivity contribution in [3.05, 3.63) is 76.3 Å². The Morgan fingerprint density at radius 2 is 1.76 bits per heavy atom. The lowest BCUT2D eigenvalue weighted by Crippen LogP contribution is -2.49. The maximum absolute atomic E-state index is 12.8. The third-order valence-electron chi connectivity index (χ3n) is 4.86. The smallest absolute Gasteiger partial charge is 0.274 e. The van der Waals surface area contributed by atoms with Gasteiger partial charge >= 0.3 is 0 Å². The number of benzene rings is 2. The standard InChI is InChI=1S/C21H18N4O4/c1-25-20(27)15-8-3-2-7-14(15)18(24-25)19(26)23-17(21(28)29)10-12-11-22-16-9-5-4-6-13(12)16/h2-9,11,17,22H,10H2,1H3,(H,23,26)(H,28,29)/p-1/t17-/m0/s1. The second-order valence-corrected chi connectivity index (χ2v) is 6.73. The van der Waals surface area contributed by atoms with Gasteiger partial charge in [0.1, 0.15) is 0 Å². The molecule has 0 saturated heterocycles. The van der Waals surface area contributed by atoms with Crippen LogP contribution < -0.4 is 16.0 Å². The van der Waals surface area contributed by atoms with Crippen LogP contribution in [0.3, 0.4) is 0 Å². The Balaban J connectivity index is 1.67. The average molecular weight is 389 g/mol. The number of carboxylic acids is 1. The number of carboxylic acid groups (broad SMARTS) is 1. The Morgan fingerprint density at radius 3 is 2.48 bits per heavy atom. The molecule has 0 aliphatic heterocycles. The minimum absolute atomic E-state index is 0.0205. The number of aromatic nitrogens is 3. The van der Waals surface area contributed by atoms with E-state index in [-0.39, 0.29) is 17.7 Å². The van der Waals surface area contributed by atoms with Gasteiger partial charge in [0.2, 0.25) is 0 Å². The highest BCUT2D eigenvalue weighted by molar-refractivity contribution is 6.05. The fourth-order valence-electron chi connectivity index (χ4n) is 3.41. The fourth-order valence-corrected chi connectivity index (χ4v) is 3.41. The van der Waals surface area contributed by atoms with Crippen molar-refractivity contribution in [3.8, 4) is 0 Å². The van der Waals surface area contributed by atoms with Gasteiger partial charge in [0.15, 0.2) is 5.69 Å². The highest BCUT2D eigenvalue weighted by Crippen LogP contribution is 2.19. The normalized spacial score (nSPS) is 12.2. The zero-order valence-corrected chi connectivity index (χ0v) is 15.5. The molecule has 0 spiro atoms. The molecule has 8 heteroatoms. The molecule has 0 unspecified atom stereocenters. The summed E-state index contributed by atoms with van der Waals surface area (Å²) < 4.78 is 1.06. The monoisotopic (exact) mass is 389 g/mol. The van der Waals surface area contributed by atoms with Crippen molar-refractivity contribution in [1.82, 2.24) is 20.1 Å². The lowest BCUT2D eigenvalue weighted by atomic mass is 10.0. The lowest BCUT2D eigenvalue weighted by Gasteiger charge is -2.20. The second-order valence-electron chi connectivity index (χ2n) is 6.73. The molecule has 0 aliphatic rings. The fraction of sp³-hybridized carbons (Fsp3) is 0.143. The molecule has 0 saturated carbocycles. The van der Waals surface area contributed by atoms with Crippen molar-refractivity contribution in [1.29, 1.82) is 0 Å². The predicted molar refractivity (Wildman–Crippen MR) is 105 cm³/mol. The molecule has 2 N–H and O–H groups in total. The number of carbonyl (C=O) groups is 2. The summed E-state index contributed by atoms with van der Waals surface area (Å²) in [6.07, 6.45) is 1.76. The van der Waals surface area contributed by atoms with Crippen LogP contribution in [0.2, 0.25) is 0 Å². The molecule has 4 rings (SSSR count). The van der Waals surface area contributed by atoms with Crippen LogP contribution in [0, 0.1) is 0 Å². The van der Waals surface area contributed by atoms with Gasteiger partial charge in [-0.3, -0.25) is 9.59 Å². The quantitative estimate of drug-likeness (QED) is 0.515. The van der Waals surface area contributed by atoms with Gasteiger partial charge in [-0.05, 0) is 17.7 Å². The third kappa shape index (κ3) is 3.36. The molecular formula is C21H17N4O4-. The number of para-hydroxylation sites is 1. The van der Waals surface area contributed by atoms with Crippen molar-refractivity contribution in [3.63, 3.8) is 0 Å². The van der Waals surface area contributed by atoms with Gasteiger partial charge in [-0.25, -0.2) is 4.68 Å². The van der Waals surface area contributed by atoms with E-state index in [0.717, 1.165) is 21.1 Å². The Labute approximate surface area is 164 Å². The molecule has 1 amide bonds. The summed E-state index contributed by atoms with van der Waals surface area (Å²) in [6, 6.07) is 12.8. The van der Waals surface area contributed by atoms with Gasteiger partial charge in [-0.15, -0.1) is 0 Å². The molecule has 0 bridgehead atoms. The molecule has 8 nitrogen and oxygen atoms in total. The van der Waals surface area contributed by atoms with Crippen LogP contribution in [0.5, 0.6) is 0 Å². The van der Waals surface area contributed by atoms with Crippen molar-refractivity contribution >= 4 is 33.6 Å². The molecule has 2 aromatic carbocycles. The van der Waals surface area contributed by atoms with Gasteiger partial charge in [-0.2, -0.15) is 5.10 Å². The number of hydrogen-bond donors (Lipinski definition) is 2. The summed E-state index contributed by atoms with van der Waals surface area (Å²) in [5.41, 5.74) is 1.25. The zero-order chi connectivity index (χ0) is 20.5. The molecule has 2 heterocycles. The Bertz CT molecular complexity index is 1310. The highest BCUT2D eigenvalue weighted by atomic mass is 16.4. The van der Waals surface area contributed by atoms with E-state index in [1.165, 1.54) is 7.05 Å². The molecule has 4 aromatic rings. The average Bonchev–Trinajstić information content (AvgIpc) is 3.13. The van der Waals surface area contributed by atoms with E-state index in [1.807, 2.05) is 24.3 Å². The van der Waals surface area contributed by atoms with Gasteiger partial charge in [0.05, 0.1) is 17.4 Å². The van der Waals surface area contributed by atoms with Crippen molar-refractivity contribution < 1.29 is 14.7 Å². The van der Waals surface area contributed by atoms with Gasteiger partial charge < -0.3 is 20.2 Å². The van der Waals surface area contributed by atoms with E-state index in [2.05, 4.69) is 15.4 Å². The summed E-state index contributed by atoms with van der Waals surface area (Å²) >= 11 is 0. The van der Waals surface area contributed by atoms with Crippen LogP contribution in [-0.4, -0.2) is 32.7 Å². The number of aryl methyl sites for hydroxylation is 1. The number of carbonyl (C=O) groups excluding carboxylic acids is 2. The number of nitrogens with zero attached hydrogens (tertiary/aromatic N) is 2. The first-order valence-corrected chi connectivity index (χ1v) is 8.98. The van der Waals surface area contributed by atoms with Crippen LogP contribution >= 0.6 is 0 Å². The first-order valence-electron chi connectivity index (χ1n) is 8.98. The predicted octanol–water partition coefficient (Wildman–Crippen LogP) is 0.506. The molecule has 0 aliphatic carbocycles. The van der Waals surface area contributed by atoms with Gasteiger partial charge in [0, 0.05) is 36.0 Å². The van der Waals surface area contributed by atoms with E-state index < -0.39 is 17.9 Å². The minimum Gasteiger partial charge on any atom is -0.548 e. The maximum atomic E-state index is 12.8. The largest absolute Gasteiger partial charge is 0.548 e. The second kappa shape index (κ2) is 7.23. The molecule has 0 radical (unpaired) electrons. The third-order valence-corrected chi connectivity index (χ3v) is 4.86. The summed E-state index contributed by atoms with van der Waals surface area (Å²) in [5.74, 6) is -2.09. The number of H-pyrrole nitrogens is 1. The first kappa shape index (κ1) is 18.4. The van der Waals surface area contributed by atoms with Crippen molar-refractivity contribution in [2.24, 2.45) is 7.05 Å². The summed E-state index contributed by atoms with van der Waals surface area (Å²) in [7, 11) is 1.44. The Hall–Kier alpha value is -3.94. The van der Waals surface area contributed by atoms with Crippen LogP contribution in [0.1, 0.15) is 16.1 Å². The lowest BCUT2D eigenvalue weighted by molar-refractivity contribution is -0.308. The Kier molecular flexibility index (Phi) is 4.59. The van der Waals surface area contributed by atoms with E-state index in [0.29, 0.717) is 10.8 Å². The number of aromatic amines is 1. The highest BCUT2D eigenvalue weighted by Gasteiger charge is 2.21. The van der Waals surface area contributed by atoms with Gasteiger partial charge in [0.25, 0.3) is 11.5 Å². The van der Waals surface area contributed by atoms with E-state index in [4.69, 9.17) is 0 Å². The van der Waals surface area contributed by atoms with Crippen LogP contribution in [0.4, 0.5) is 0 Å². The topological polar surface area (TPSA) is 120 Å². The Morgan fingerprint density at radius 1 is 1.10 bits per heavy atom. The molecule has 146 valence electrons. The van der Waals surface area contributed by atoms with Crippen molar-refractivity contribution in [2.45, 2.75) is 12.5 Å². The van der Waals surface area contributed by atoms with Crippen molar-refractivity contribution in [2.75, 3.05) is 0 Å². The number of amides is 1. The van der Waals surface area contributed by atoms with Crippen LogP contribution in [0.25, 0.3) is 21.7 Å². The number of hydrogen-bond acceptors (Lipinski definition) is 5. The first-order chi connectivity index (χ1) is 14.0. The van der Waals surface area contributed by atoms with Crippen LogP contribution in [0.15, 0.2) is 59.5 Å².